The molecule has 1 unspecified atom stereocenters. The van der Waals surface area contributed by atoms with Crippen molar-refractivity contribution in [1.29, 1.82) is 0 Å². The maximum atomic E-state index is 5.96. The first-order valence-electron chi connectivity index (χ1n) is 7.33. The van der Waals surface area contributed by atoms with Gasteiger partial charge in [-0.1, -0.05) is 23.4 Å². The third-order valence-corrected chi connectivity index (χ3v) is 4.52. The van der Waals surface area contributed by atoms with Crippen molar-refractivity contribution in [3.05, 3.63) is 52.1 Å². The van der Waals surface area contributed by atoms with Gasteiger partial charge in [-0.25, -0.2) is 9.97 Å². The van der Waals surface area contributed by atoms with Crippen LogP contribution in [0.5, 0.6) is 0 Å². The average molecular weight is 342 g/mol. The summed E-state index contributed by atoms with van der Waals surface area (Å²) in [6, 6.07) is 8.00. The lowest BCUT2D eigenvalue weighted by molar-refractivity contribution is 0.822. The van der Waals surface area contributed by atoms with Gasteiger partial charge in [0.2, 0.25) is 0 Å². The van der Waals surface area contributed by atoms with Crippen molar-refractivity contribution in [2.75, 3.05) is 5.32 Å². The van der Waals surface area contributed by atoms with Gasteiger partial charge in [-0.2, -0.15) is 0 Å². The van der Waals surface area contributed by atoms with Gasteiger partial charge in [-0.15, -0.1) is 11.3 Å². The maximum absolute atomic E-state index is 5.96. The Bertz CT molecular complexity index is 892. The summed E-state index contributed by atoms with van der Waals surface area (Å²) in [6.07, 6.45) is 2.33. The van der Waals surface area contributed by atoms with Gasteiger partial charge in [0.1, 0.15) is 17.0 Å². The SMILES string of the molecule is Cc1cc(Cl)ccc1C#CCC(C)Nc1ncnc2sccc12. The molecule has 0 aliphatic carbocycles. The fraction of sp³-hybridized carbons (Fsp3) is 0.222. The van der Waals surface area contributed by atoms with Gasteiger partial charge in [0.15, 0.2) is 0 Å². The van der Waals surface area contributed by atoms with Crippen molar-refractivity contribution in [2.24, 2.45) is 0 Å². The Morgan fingerprint density at radius 1 is 1.30 bits per heavy atom. The zero-order valence-electron chi connectivity index (χ0n) is 12.9. The molecule has 0 amide bonds. The fourth-order valence-electron chi connectivity index (χ4n) is 2.26. The van der Waals surface area contributed by atoms with Gasteiger partial charge >= 0.3 is 0 Å². The maximum Gasteiger partial charge on any atom is 0.138 e. The lowest BCUT2D eigenvalue weighted by atomic mass is 10.1. The number of hydrogen-bond donors (Lipinski definition) is 1. The zero-order valence-corrected chi connectivity index (χ0v) is 14.5. The van der Waals surface area contributed by atoms with E-state index in [2.05, 4.69) is 34.0 Å². The minimum atomic E-state index is 0.202. The van der Waals surface area contributed by atoms with Crippen molar-refractivity contribution < 1.29 is 0 Å². The number of hydrogen-bond acceptors (Lipinski definition) is 4. The number of aromatic nitrogens is 2. The van der Waals surface area contributed by atoms with E-state index in [0.29, 0.717) is 0 Å². The summed E-state index contributed by atoms with van der Waals surface area (Å²) in [5, 5.41) is 7.24. The van der Waals surface area contributed by atoms with Crippen LogP contribution >= 0.6 is 22.9 Å². The number of halogens is 1. The highest BCUT2D eigenvalue weighted by Crippen LogP contribution is 2.24. The molecule has 0 aliphatic rings. The Morgan fingerprint density at radius 3 is 3.00 bits per heavy atom. The smallest absolute Gasteiger partial charge is 0.138 e. The van der Waals surface area contributed by atoms with Gasteiger partial charge < -0.3 is 5.32 Å². The molecule has 2 heterocycles. The van der Waals surface area contributed by atoms with Crippen LogP contribution in [0.4, 0.5) is 5.82 Å². The standard InChI is InChI=1S/C18H16ClN3S/c1-12-10-15(19)7-6-14(12)5-3-4-13(2)22-17-16-8-9-23-18(16)21-11-20-17/h6-11,13H,4H2,1-2H3,(H,20,21,22). The first-order valence-corrected chi connectivity index (χ1v) is 8.59. The Labute approximate surface area is 144 Å². The predicted octanol–water partition coefficient (Wildman–Crippen LogP) is 4.90. The highest BCUT2D eigenvalue weighted by molar-refractivity contribution is 7.16. The first-order chi connectivity index (χ1) is 11.1. The number of thiophene rings is 1. The summed E-state index contributed by atoms with van der Waals surface area (Å²) < 4.78 is 0. The monoisotopic (exact) mass is 341 g/mol. The molecule has 1 atom stereocenters. The third-order valence-electron chi connectivity index (χ3n) is 3.46. The molecule has 0 aliphatic heterocycles. The number of nitrogens with zero attached hydrogens (tertiary/aromatic N) is 2. The molecule has 3 nitrogen and oxygen atoms in total. The summed E-state index contributed by atoms with van der Waals surface area (Å²) in [6.45, 7) is 4.12. The Balaban J connectivity index is 1.67. The van der Waals surface area contributed by atoms with Gasteiger partial charge in [-0.3, -0.25) is 0 Å². The van der Waals surface area contributed by atoms with Crippen molar-refractivity contribution in [3.8, 4) is 11.8 Å². The van der Waals surface area contributed by atoms with E-state index >= 15 is 0 Å². The van der Waals surface area contributed by atoms with Crippen LogP contribution in [-0.2, 0) is 0 Å². The van der Waals surface area contributed by atoms with Gasteiger partial charge in [0.05, 0.1) is 5.39 Å². The summed E-state index contributed by atoms with van der Waals surface area (Å²) in [5.41, 5.74) is 2.12. The van der Waals surface area contributed by atoms with Crippen LogP contribution in [0.1, 0.15) is 24.5 Å². The van der Waals surface area contributed by atoms with Crippen molar-refractivity contribution in [2.45, 2.75) is 26.3 Å². The fourth-order valence-corrected chi connectivity index (χ4v) is 3.22. The number of aryl methyl sites for hydroxylation is 1. The van der Waals surface area contributed by atoms with E-state index in [-0.39, 0.29) is 6.04 Å². The Morgan fingerprint density at radius 2 is 2.17 bits per heavy atom. The third kappa shape index (κ3) is 3.82. The Hall–Kier alpha value is -2.09. The average Bonchev–Trinajstić information content (AvgIpc) is 2.99. The molecular formula is C18H16ClN3S. The molecule has 0 bridgehead atoms. The molecule has 0 fully saturated rings. The molecule has 3 aromatic rings. The molecule has 116 valence electrons. The highest BCUT2D eigenvalue weighted by atomic mass is 35.5. The van der Waals surface area contributed by atoms with Crippen LogP contribution in [0.2, 0.25) is 5.02 Å². The second kappa shape index (κ2) is 6.99. The van der Waals surface area contributed by atoms with Crippen LogP contribution in [0.25, 0.3) is 10.2 Å². The topological polar surface area (TPSA) is 37.8 Å². The molecule has 0 radical (unpaired) electrons. The lowest BCUT2D eigenvalue weighted by Gasteiger charge is -2.11. The quantitative estimate of drug-likeness (QED) is 0.689. The molecule has 1 aromatic carbocycles. The highest BCUT2D eigenvalue weighted by Gasteiger charge is 2.07. The summed E-state index contributed by atoms with van der Waals surface area (Å²) in [5.74, 6) is 7.31. The van der Waals surface area contributed by atoms with Gasteiger partial charge in [0.25, 0.3) is 0 Å². The molecule has 0 saturated heterocycles. The Kier molecular flexibility index (Phi) is 4.80. The summed E-state index contributed by atoms with van der Waals surface area (Å²) in [4.78, 5) is 9.58. The number of benzene rings is 1. The van der Waals surface area contributed by atoms with Crippen LogP contribution < -0.4 is 5.32 Å². The van der Waals surface area contributed by atoms with E-state index < -0.39 is 0 Å². The van der Waals surface area contributed by atoms with E-state index in [1.807, 2.05) is 36.6 Å². The molecule has 0 saturated carbocycles. The van der Waals surface area contributed by atoms with E-state index in [4.69, 9.17) is 11.6 Å². The second-order valence-corrected chi connectivity index (χ2v) is 6.70. The lowest BCUT2D eigenvalue weighted by Crippen LogP contribution is -2.15. The summed E-state index contributed by atoms with van der Waals surface area (Å²) in [7, 11) is 0. The van der Waals surface area contributed by atoms with Gasteiger partial charge in [0, 0.05) is 23.0 Å². The van der Waals surface area contributed by atoms with E-state index in [1.165, 1.54) is 0 Å². The molecule has 3 rings (SSSR count). The van der Waals surface area contributed by atoms with Crippen molar-refractivity contribution >= 4 is 39.0 Å². The molecule has 2 aromatic heterocycles. The van der Waals surface area contributed by atoms with Crippen LogP contribution in [0, 0.1) is 18.8 Å². The van der Waals surface area contributed by atoms with Crippen molar-refractivity contribution in [1.82, 2.24) is 9.97 Å². The number of rotatable bonds is 3. The second-order valence-electron chi connectivity index (χ2n) is 5.37. The minimum Gasteiger partial charge on any atom is -0.366 e. The van der Waals surface area contributed by atoms with Gasteiger partial charge in [-0.05, 0) is 49.1 Å². The summed E-state index contributed by atoms with van der Waals surface area (Å²) >= 11 is 7.58. The normalized spacial score (nSPS) is 11.8. The molecule has 0 spiro atoms. The van der Waals surface area contributed by atoms with E-state index in [0.717, 1.165) is 38.6 Å². The number of nitrogens with one attached hydrogen (secondary N) is 1. The first kappa shape index (κ1) is 15.8. The zero-order chi connectivity index (χ0) is 16.2. The largest absolute Gasteiger partial charge is 0.366 e. The van der Waals surface area contributed by atoms with Crippen LogP contribution in [0.3, 0.4) is 0 Å². The minimum absolute atomic E-state index is 0.202. The molecular weight excluding hydrogens is 326 g/mol. The van der Waals surface area contributed by atoms with Crippen LogP contribution in [0.15, 0.2) is 36.0 Å². The van der Waals surface area contributed by atoms with Crippen molar-refractivity contribution in [3.63, 3.8) is 0 Å². The molecule has 5 heteroatoms. The number of anilines is 1. The predicted molar refractivity (Wildman–Crippen MR) is 98.2 cm³/mol. The molecule has 1 N–H and O–H groups in total. The van der Waals surface area contributed by atoms with E-state index in [9.17, 15) is 0 Å². The molecule has 23 heavy (non-hydrogen) atoms. The number of fused-ring (bicyclic) bond motifs is 1. The van der Waals surface area contributed by atoms with E-state index in [1.54, 1.807) is 17.7 Å². The van der Waals surface area contributed by atoms with Crippen LogP contribution in [-0.4, -0.2) is 16.0 Å².